The van der Waals surface area contributed by atoms with Gasteiger partial charge in [-0.05, 0) is 38.1 Å². The van der Waals surface area contributed by atoms with Crippen molar-refractivity contribution >= 4 is 17.3 Å². The molecule has 38 heavy (non-hydrogen) atoms. The van der Waals surface area contributed by atoms with Crippen molar-refractivity contribution in [2.45, 2.75) is 62.7 Å². The van der Waals surface area contributed by atoms with Crippen LogP contribution in [-0.2, 0) is 14.2 Å². The first-order valence-corrected chi connectivity index (χ1v) is 12.1. The standard InChI is InChI=1S/C27H28O11/c1-10-19(28)23(32)24(36-4)26(37-10)38-16-9-27(2,34)25(33)15-8-14-18(22(31)17(15)16)21(30)12-6-5-11(35-3)7-13(12)20(14)29/h5-8,10,16,19,23-24,26,28,31-32,34H,9H2,1-4H3. The molecule has 1 heterocycles. The molecule has 202 valence electrons. The van der Waals surface area contributed by atoms with Crippen molar-refractivity contribution in [2.75, 3.05) is 14.2 Å². The molecule has 1 saturated heterocycles. The molecule has 0 aromatic heterocycles. The van der Waals surface area contributed by atoms with E-state index < -0.39 is 65.5 Å². The van der Waals surface area contributed by atoms with Crippen molar-refractivity contribution in [3.05, 3.63) is 57.6 Å². The molecule has 2 aromatic rings. The number of aliphatic hydroxyl groups is 3. The lowest BCUT2D eigenvalue weighted by Gasteiger charge is -2.43. The highest BCUT2D eigenvalue weighted by atomic mass is 16.7. The number of hydrogen-bond donors (Lipinski definition) is 4. The third-order valence-electron chi connectivity index (χ3n) is 7.52. The minimum absolute atomic E-state index is 0.0593. The summed E-state index contributed by atoms with van der Waals surface area (Å²) in [6.45, 7) is 2.80. The van der Waals surface area contributed by atoms with Crippen LogP contribution < -0.4 is 4.74 Å². The first kappa shape index (κ1) is 26.4. The van der Waals surface area contributed by atoms with Gasteiger partial charge in [-0.25, -0.2) is 0 Å². The molecule has 1 aliphatic heterocycles. The van der Waals surface area contributed by atoms with Crippen molar-refractivity contribution in [1.82, 2.24) is 0 Å². The maximum absolute atomic E-state index is 13.5. The number of Topliss-reactive ketones (excluding diaryl/α,β-unsaturated/α-hetero) is 1. The fourth-order valence-electron chi connectivity index (χ4n) is 5.41. The predicted octanol–water partition coefficient (Wildman–Crippen LogP) is 1.05. The van der Waals surface area contributed by atoms with Gasteiger partial charge in [-0.3, -0.25) is 14.4 Å². The van der Waals surface area contributed by atoms with Crippen molar-refractivity contribution < 1.29 is 53.8 Å². The quantitative estimate of drug-likeness (QED) is 0.382. The fourth-order valence-corrected chi connectivity index (χ4v) is 5.41. The average Bonchev–Trinajstić information content (AvgIpc) is 2.88. The number of carbonyl (C=O) groups excluding carboxylic acids is 3. The Morgan fingerprint density at radius 1 is 0.974 bits per heavy atom. The number of aromatic hydroxyl groups is 1. The molecule has 1 fully saturated rings. The Kier molecular flexibility index (Phi) is 6.41. The first-order valence-electron chi connectivity index (χ1n) is 12.1. The van der Waals surface area contributed by atoms with E-state index in [4.69, 9.17) is 18.9 Å². The molecule has 4 N–H and O–H groups in total. The summed E-state index contributed by atoms with van der Waals surface area (Å²) in [5.74, 6) is -2.26. The van der Waals surface area contributed by atoms with Crippen LogP contribution in [0.15, 0.2) is 24.3 Å². The normalized spacial score (nSPS) is 32.4. The maximum atomic E-state index is 13.5. The van der Waals surface area contributed by atoms with E-state index >= 15 is 0 Å². The molecular formula is C27H28O11. The van der Waals surface area contributed by atoms with Crippen LogP contribution in [0.2, 0.25) is 0 Å². The number of phenolic OH excluding ortho intramolecular Hbond substituents is 1. The Balaban J connectivity index is 1.64. The zero-order valence-electron chi connectivity index (χ0n) is 21.1. The highest BCUT2D eigenvalue weighted by molar-refractivity contribution is 6.30. The van der Waals surface area contributed by atoms with Crippen LogP contribution in [0.5, 0.6) is 11.5 Å². The molecule has 7 atom stereocenters. The van der Waals surface area contributed by atoms with E-state index in [9.17, 15) is 34.8 Å². The Morgan fingerprint density at radius 3 is 2.34 bits per heavy atom. The number of hydrogen-bond acceptors (Lipinski definition) is 11. The molecule has 2 aliphatic carbocycles. The van der Waals surface area contributed by atoms with Gasteiger partial charge in [0.2, 0.25) is 0 Å². The average molecular weight is 529 g/mol. The topological polar surface area (TPSA) is 169 Å². The van der Waals surface area contributed by atoms with E-state index in [1.165, 1.54) is 52.3 Å². The van der Waals surface area contributed by atoms with Crippen LogP contribution in [-0.4, -0.2) is 88.3 Å². The van der Waals surface area contributed by atoms with Gasteiger partial charge in [0, 0.05) is 41.3 Å². The highest BCUT2D eigenvalue weighted by Crippen LogP contribution is 2.48. The number of benzene rings is 2. The van der Waals surface area contributed by atoms with Crippen molar-refractivity contribution in [3.8, 4) is 11.5 Å². The van der Waals surface area contributed by atoms with E-state index in [2.05, 4.69) is 0 Å². The van der Waals surface area contributed by atoms with Crippen molar-refractivity contribution in [1.29, 1.82) is 0 Å². The molecule has 5 rings (SSSR count). The van der Waals surface area contributed by atoms with Gasteiger partial charge >= 0.3 is 0 Å². The second-order valence-electron chi connectivity index (χ2n) is 10.0. The second-order valence-corrected chi connectivity index (χ2v) is 10.0. The molecular weight excluding hydrogens is 500 g/mol. The SMILES string of the molecule is COc1ccc2c(c1)C(=O)c1cc3c(c(O)c1C2=O)C(OC1OC(C)C(O)C(O)C1OC)CC(C)(O)C3=O. The van der Waals surface area contributed by atoms with E-state index in [-0.39, 0.29) is 39.8 Å². The third-order valence-corrected chi connectivity index (χ3v) is 7.52. The van der Waals surface area contributed by atoms with Gasteiger partial charge < -0.3 is 39.4 Å². The van der Waals surface area contributed by atoms with Crippen LogP contribution >= 0.6 is 0 Å². The minimum Gasteiger partial charge on any atom is -0.507 e. The highest BCUT2D eigenvalue weighted by Gasteiger charge is 2.50. The van der Waals surface area contributed by atoms with Gasteiger partial charge in [0.25, 0.3) is 0 Å². The van der Waals surface area contributed by atoms with Crippen LogP contribution in [0.25, 0.3) is 0 Å². The monoisotopic (exact) mass is 528 g/mol. The zero-order chi connectivity index (χ0) is 27.7. The van der Waals surface area contributed by atoms with E-state index in [0.29, 0.717) is 5.75 Å². The smallest absolute Gasteiger partial charge is 0.198 e. The van der Waals surface area contributed by atoms with Crippen LogP contribution in [0.3, 0.4) is 0 Å². The van der Waals surface area contributed by atoms with E-state index in [1.54, 1.807) is 0 Å². The van der Waals surface area contributed by atoms with Crippen LogP contribution in [0.1, 0.15) is 74.1 Å². The van der Waals surface area contributed by atoms with Crippen molar-refractivity contribution in [3.63, 3.8) is 0 Å². The van der Waals surface area contributed by atoms with Gasteiger partial charge in [0.15, 0.2) is 23.6 Å². The molecule has 0 bridgehead atoms. The number of rotatable bonds is 4. The lowest BCUT2D eigenvalue weighted by Crippen LogP contribution is -2.58. The number of carbonyl (C=O) groups is 3. The van der Waals surface area contributed by atoms with E-state index in [0.717, 1.165) is 0 Å². The van der Waals surface area contributed by atoms with Gasteiger partial charge in [-0.2, -0.15) is 0 Å². The Labute approximate surface area is 217 Å². The number of aliphatic hydroxyl groups excluding tert-OH is 2. The number of methoxy groups -OCH3 is 2. The lowest BCUT2D eigenvalue weighted by molar-refractivity contribution is -0.312. The summed E-state index contributed by atoms with van der Waals surface area (Å²) in [4.78, 5) is 40.1. The summed E-state index contributed by atoms with van der Waals surface area (Å²) in [5, 5.41) is 43.0. The summed E-state index contributed by atoms with van der Waals surface area (Å²) in [5.41, 5.74) is -2.59. The van der Waals surface area contributed by atoms with E-state index in [1.807, 2.05) is 0 Å². The van der Waals surface area contributed by atoms with Gasteiger partial charge in [0.05, 0.1) is 24.9 Å². The predicted molar refractivity (Wildman–Crippen MR) is 129 cm³/mol. The Bertz CT molecular complexity index is 1350. The molecule has 0 saturated carbocycles. The number of phenols is 1. The lowest BCUT2D eigenvalue weighted by atomic mass is 9.73. The maximum Gasteiger partial charge on any atom is 0.198 e. The number of fused-ring (bicyclic) bond motifs is 3. The molecule has 11 nitrogen and oxygen atoms in total. The molecule has 7 unspecified atom stereocenters. The molecule has 3 aliphatic rings. The number of ether oxygens (including phenoxy) is 4. The third kappa shape index (κ3) is 3.85. The molecule has 2 aromatic carbocycles. The van der Waals surface area contributed by atoms with Crippen LogP contribution in [0, 0.1) is 0 Å². The Hall–Kier alpha value is -3.19. The summed E-state index contributed by atoms with van der Waals surface area (Å²) in [6.07, 6.45) is -7.43. The second kappa shape index (κ2) is 9.23. The minimum atomic E-state index is -1.96. The largest absolute Gasteiger partial charge is 0.507 e. The zero-order valence-corrected chi connectivity index (χ0v) is 21.1. The van der Waals surface area contributed by atoms with Gasteiger partial charge in [-0.15, -0.1) is 0 Å². The molecule has 0 amide bonds. The first-order chi connectivity index (χ1) is 17.9. The molecule has 0 spiro atoms. The molecule has 0 radical (unpaired) electrons. The van der Waals surface area contributed by atoms with Gasteiger partial charge in [-0.1, -0.05) is 0 Å². The van der Waals surface area contributed by atoms with Crippen LogP contribution in [0.4, 0.5) is 0 Å². The summed E-state index contributed by atoms with van der Waals surface area (Å²) >= 11 is 0. The fraction of sp³-hybridized carbons (Fsp3) is 0.444. The Morgan fingerprint density at radius 2 is 1.68 bits per heavy atom. The summed E-state index contributed by atoms with van der Waals surface area (Å²) in [6, 6.07) is 5.54. The van der Waals surface area contributed by atoms with Gasteiger partial charge in [0.1, 0.15) is 35.4 Å². The summed E-state index contributed by atoms with van der Waals surface area (Å²) < 4.78 is 22.2. The molecule has 11 heteroatoms. The number of ketones is 3. The summed E-state index contributed by atoms with van der Waals surface area (Å²) in [7, 11) is 2.70. The van der Waals surface area contributed by atoms with Crippen molar-refractivity contribution in [2.24, 2.45) is 0 Å².